The van der Waals surface area contributed by atoms with E-state index < -0.39 is 142 Å². The minimum Gasteiger partial charge on any atom is -0.208 e. The fraction of sp³-hybridized carbons (Fsp3) is 0. The number of hydrogen-bond acceptors (Lipinski definition) is 4. The molecule has 0 spiro atoms. The Morgan fingerprint density at radius 1 is 0.347 bits per heavy atom. The van der Waals surface area contributed by atoms with Crippen molar-refractivity contribution in [2.45, 2.75) is 0 Å². The Morgan fingerprint density at radius 2 is 0.714 bits per heavy atom. The van der Waals surface area contributed by atoms with E-state index in [0.717, 1.165) is 11.3 Å². The molecular weight excluding hydrogens is 615 g/mol. The Hall–Kier alpha value is -6.23. The molecular formula is C45H29N3S. The van der Waals surface area contributed by atoms with Crippen LogP contribution in [0.15, 0.2) is 175 Å². The highest BCUT2D eigenvalue weighted by Crippen LogP contribution is 2.39. The topological polar surface area (TPSA) is 38.7 Å². The monoisotopic (exact) mass is 662 g/mol. The molecule has 0 N–H and O–H groups in total. The summed E-state index contributed by atoms with van der Waals surface area (Å²) in [5.41, 5.74) is -2.70. The van der Waals surface area contributed by atoms with Gasteiger partial charge in [-0.05, 0) is 45.5 Å². The molecule has 0 fully saturated rings. The van der Waals surface area contributed by atoms with E-state index in [1.165, 1.54) is 0 Å². The number of thiophene rings is 1. The molecule has 0 saturated carbocycles. The Balaban J connectivity index is 1.25. The maximum Gasteiger partial charge on any atom is 0.164 e. The van der Waals surface area contributed by atoms with Gasteiger partial charge in [0.25, 0.3) is 0 Å². The molecule has 0 radical (unpaired) electrons. The molecule has 3 nitrogen and oxygen atoms in total. The van der Waals surface area contributed by atoms with E-state index >= 15 is 0 Å². The van der Waals surface area contributed by atoms with Crippen LogP contribution in [0, 0.1) is 0 Å². The van der Waals surface area contributed by atoms with E-state index in [4.69, 9.17) is 19.2 Å². The summed E-state index contributed by atoms with van der Waals surface area (Å²) in [5, 5.41) is -0.198. The summed E-state index contributed by atoms with van der Waals surface area (Å²) in [6.07, 6.45) is 0. The van der Waals surface area contributed by atoms with E-state index in [-0.39, 0.29) is 49.3 Å². The van der Waals surface area contributed by atoms with Crippen molar-refractivity contribution in [1.82, 2.24) is 15.0 Å². The number of rotatable bonds is 6. The van der Waals surface area contributed by atoms with Gasteiger partial charge in [0.15, 0.2) is 17.5 Å². The highest BCUT2D eigenvalue weighted by Gasteiger charge is 2.14. The zero-order valence-electron chi connectivity index (χ0n) is 44.0. The van der Waals surface area contributed by atoms with Crippen LogP contribution in [0.1, 0.15) is 26.0 Å². The predicted octanol–water partition coefficient (Wildman–Crippen LogP) is 12.2. The van der Waals surface area contributed by atoms with Gasteiger partial charge in [-0.1, -0.05) is 163 Å². The Kier molecular flexibility index (Phi) is 3.89. The summed E-state index contributed by atoms with van der Waals surface area (Å²) in [5.74, 6) is 0.376. The molecule has 0 saturated heterocycles. The van der Waals surface area contributed by atoms with Gasteiger partial charge in [-0.3, -0.25) is 0 Å². The molecule has 4 heteroatoms. The van der Waals surface area contributed by atoms with Crippen molar-refractivity contribution in [1.29, 1.82) is 0 Å². The fourth-order valence-electron chi connectivity index (χ4n) is 5.04. The summed E-state index contributed by atoms with van der Waals surface area (Å²) in [7, 11) is 0. The smallest absolute Gasteiger partial charge is 0.164 e. The first-order valence-electron chi connectivity index (χ1n) is 24.3. The molecule has 0 bridgehead atoms. The van der Waals surface area contributed by atoms with E-state index in [1.807, 2.05) is 12.1 Å². The molecule has 9 aromatic rings. The molecule has 0 atom stereocenters. The van der Waals surface area contributed by atoms with Gasteiger partial charge < -0.3 is 0 Å². The summed E-state index contributed by atoms with van der Waals surface area (Å²) < 4.78 is 168. The van der Waals surface area contributed by atoms with Crippen molar-refractivity contribution >= 4 is 31.5 Å². The minimum absolute atomic E-state index is 0.0443. The van der Waals surface area contributed by atoms with Gasteiger partial charge >= 0.3 is 0 Å². The first kappa shape index (κ1) is 15.3. The molecule has 0 aliphatic heterocycles. The fourth-order valence-corrected chi connectivity index (χ4v) is 6.06. The third kappa shape index (κ3) is 5.69. The Morgan fingerprint density at radius 3 is 1.20 bits per heavy atom. The quantitative estimate of drug-likeness (QED) is 0.178. The van der Waals surface area contributed by atoms with Crippen molar-refractivity contribution in [3.8, 4) is 67.5 Å². The van der Waals surface area contributed by atoms with Gasteiger partial charge in [-0.25, -0.2) is 15.0 Å². The van der Waals surface area contributed by atoms with Crippen molar-refractivity contribution in [3.63, 3.8) is 0 Å². The zero-order chi connectivity index (χ0) is 49.1. The predicted molar refractivity (Wildman–Crippen MR) is 205 cm³/mol. The van der Waals surface area contributed by atoms with E-state index in [0.29, 0.717) is 11.1 Å². The van der Waals surface area contributed by atoms with E-state index in [9.17, 15) is 6.85 Å². The average Bonchev–Trinajstić information content (AvgIpc) is 3.76. The zero-order valence-corrected chi connectivity index (χ0v) is 25.8. The number of aromatic nitrogens is 3. The SMILES string of the molecule is [2H]c1c([2H])c([2H])c(-c2c([2H])c([2H])c(-c3c([2H])c([2H])c(-c4c([2H])c([2H])c5c(sc6c([2H])c(-c7nc(-c8ccccc8)nc(-c8ccccc8)n7)c([2H])c([2H])c65)c4[2H])c([2H])c3[2H])c([2H])c2[2H])c([2H])c1[2H]. The van der Waals surface area contributed by atoms with Crippen molar-refractivity contribution < 1.29 is 26.0 Å². The lowest BCUT2D eigenvalue weighted by Crippen LogP contribution is -1.99. The molecule has 230 valence electrons. The first-order chi connectivity index (χ1) is 32.2. The lowest BCUT2D eigenvalue weighted by Gasteiger charge is -2.08. The summed E-state index contributed by atoms with van der Waals surface area (Å²) >= 11 is 0.790. The van der Waals surface area contributed by atoms with Gasteiger partial charge in [0.2, 0.25) is 0 Å². The van der Waals surface area contributed by atoms with Crippen LogP contribution in [-0.2, 0) is 0 Å². The number of benzene rings is 7. The second-order valence-corrected chi connectivity index (χ2v) is 11.6. The summed E-state index contributed by atoms with van der Waals surface area (Å²) in [6, 6.07) is 3.78. The molecule has 0 amide bonds. The second kappa shape index (κ2) is 12.4. The molecule has 9 rings (SSSR count). The minimum atomic E-state index is -0.904. The van der Waals surface area contributed by atoms with Gasteiger partial charge in [0, 0.05) is 36.9 Å². The Bertz CT molecular complexity index is 3530. The summed E-state index contributed by atoms with van der Waals surface area (Å²) in [4.78, 5) is 13.9. The number of hydrogen-bond donors (Lipinski definition) is 0. The molecule has 0 aliphatic rings. The van der Waals surface area contributed by atoms with Crippen LogP contribution < -0.4 is 0 Å². The van der Waals surface area contributed by atoms with Crippen LogP contribution >= 0.6 is 11.3 Å². The molecule has 2 aromatic heterocycles. The van der Waals surface area contributed by atoms with Gasteiger partial charge in [-0.15, -0.1) is 11.3 Å². The normalized spacial score (nSPS) is 16.7. The highest BCUT2D eigenvalue weighted by molar-refractivity contribution is 7.25. The molecule has 7 aromatic carbocycles. The van der Waals surface area contributed by atoms with Crippen LogP contribution in [-0.4, -0.2) is 15.0 Å². The molecule has 0 aliphatic carbocycles. The van der Waals surface area contributed by atoms with Crippen LogP contribution in [0.3, 0.4) is 0 Å². The molecule has 2 heterocycles. The third-order valence-electron chi connectivity index (χ3n) is 7.43. The average molecular weight is 663 g/mol. The van der Waals surface area contributed by atoms with E-state index in [1.54, 1.807) is 48.5 Å². The van der Waals surface area contributed by atoms with Gasteiger partial charge in [0.05, 0.1) is 26.0 Å². The largest absolute Gasteiger partial charge is 0.208 e. The van der Waals surface area contributed by atoms with Crippen LogP contribution in [0.5, 0.6) is 0 Å². The van der Waals surface area contributed by atoms with Crippen LogP contribution in [0.4, 0.5) is 0 Å². The van der Waals surface area contributed by atoms with Crippen LogP contribution in [0.25, 0.3) is 87.7 Å². The lowest BCUT2D eigenvalue weighted by molar-refractivity contribution is 1.07. The molecule has 49 heavy (non-hydrogen) atoms. The highest BCUT2D eigenvalue weighted by atomic mass is 32.1. The second-order valence-electron chi connectivity index (χ2n) is 10.5. The maximum absolute atomic E-state index is 9.44. The lowest BCUT2D eigenvalue weighted by atomic mass is 9.98. The van der Waals surface area contributed by atoms with Crippen molar-refractivity contribution in [2.24, 2.45) is 0 Å². The molecule has 0 unspecified atom stereocenters. The third-order valence-corrected chi connectivity index (χ3v) is 8.45. The maximum atomic E-state index is 9.44. The standard InChI is InChI=1S/C45H29N3S/c1-4-10-30(11-5-1)31-16-18-32(19-17-31)33-20-22-34(23-21-33)37-24-26-39-40-27-25-38(29-42(40)49-41(39)28-37)45-47-43(35-12-6-2-7-13-35)46-44(48-45)36-14-8-3-9-15-36/h1-29H/i1D,4D,5D,10D,11D,16D,17D,18D,19D,20D,21D,22D,23D,24D,25D,26D,27D,28D,29D. The Labute approximate surface area is 315 Å². The van der Waals surface area contributed by atoms with Crippen molar-refractivity contribution in [2.75, 3.05) is 0 Å². The number of fused-ring (bicyclic) bond motifs is 3. The van der Waals surface area contributed by atoms with Crippen LogP contribution in [0.2, 0.25) is 0 Å². The van der Waals surface area contributed by atoms with Gasteiger partial charge in [-0.2, -0.15) is 0 Å². The summed E-state index contributed by atoms with van der Waals surface area (Å²) in [6.45, 7) is 0. The van der Waals surface area contributed by atoms with Gasteiger partial charge in [0.1, 0.15) is 0 Å². The van der Waals surface area contributed by atoms with E-state index in [2.05, 4.69) is 15.0 Å². The number of nitrogens with zero attached hydrogens (tertiary/aromatic N) is 3. The first-order valence-corrected chi connectivity index (χ1v) is 15.6. The van der Waals surface area contributed by atoms with Crippen molar-refractivity contribution in [3.05, 3.63) is 175 Å².